The zero-order valence-corrected chi connectivity index (χ0v) is 13.2. The summed E-state index contributed by atoms with van der Waals surface area (Å²) in [7, 11) is 0. The van der Waals surface area contributed by atoms with E-state index in [1.54, 1.807) is 12.1 Å². The Morgan fingerprint density at radius 2 is 1.53 bits per heavy atom. The number of hydrogen-bond donors (Lipinski definition) is 1. The molecular weight excluding hydrogens is 237 g/mol. The normalized spacial score (nSPS) is 14.5. The van der Waals surface area contributed by atoms with Crippen LogP contribution in [0.5, 0.6) is 0 Å². The summed E-state index contributed by atoms with van der Waals surface area (Å²) < 4.78 is 13.0. The highest BCUT2D eigenvalue weighted by atomic mass is 19.1. The van der Waals surface area contributed by atoms with Crippen molar-refractivity contribution in [1.29, 1.82) is 0 Å². The van der Waals surface area contributed by atoms with Gasteiger partial charge in [-0.1, -0.05) is 32.9 Å². The van der Waals surface area contributed by atoms with Crippen LogP contribution in [-0.2, 0) is 6.42 Å². The van der Waals surface area contributed by atoms with Gasteiger partial charge in [0.1, 0.15) is 5.82 Å². The van der Waals surface area contributed by atoms with E-state index in [0.29, 0.717) is 5.92 Å². The molecule has 1 rings (SSSR count). The molecule has 0 unspecified atom stereocenters. The largest absolute Gasteiger partial charge is 0.312 e. The van der Waals surface area contributed by atoms with Crippen LogP contribution < -0.4 is 5.32 Å². The van der Waals surface area contributed by atoms with Gasteiger partial charge in [-0.25, -0.2) is 4.39 Å². The first-order chi connectivity index (χ1) is 8.58. The predicted molar refractivity (Wildman–Crippen MR) is 80.8 cm³/mol. The first-order valence-corrected chi connectivity index (χ1v) is 7.07. The Kier molecular flexibility index (Phi) is 5.14. The Morgan fingerprint density at radius 1 is 1.00 bits per heavy atom. The Balaban J connectivity index is 2.73. The van der Waals surface area contributed by atoms with E-state index >= 15 is 0 Å². The molecule has 0 spiro atoms. The molecule has 2 heteroatoms. The van der Waals surface area contributed by atoms with Gasteiger partial charge in [0, 0.05) is 5.54 Å². The fourth-order valence-electron chi connectivity index (χ4n) is 2.02. The topological polar surface area (TPSA) is 12.0 Å². The Labute approximate surface area is 117 Å². The summed E-state index contributed by atoms with van der Waals surface area (Å²) in [4.78, 5) is 0. The fraction of sp³-hybridized carbons (Fsp3) is 0.647. The lowest BCUT2D eigenvalue weighted by atomic mass is 9.77. The molecule has 0 aliphatic carbocycles. The van der Waals surface area contributed by atoms with Crippen molar-refractivity contribution in [1.82, 2.24) is 5.32 Å². The van der Waals surface area contributed by atoms with Crippen molar-refractivity contribution in [2.45, 2.75) is 53.5 Å². The molecule has 0 heterocycles. The van der Waals surface area contributed by atoms with Gasteiger partial charge in [0.25, 0.3) is 0 Å². The van der Waals surface area contributed by atoms with Gasteiger partial charge in [0.2, 0.25) is 0 Å². The SMILES string of the molecule is CC(C)(C)NC[C@@H](Cc1ccc(F)cc1)C(C)(C)C. The summed E-state index contributed by atoms with van der Waals surface area (Å²) in [6.45, 7) is 14.3. The molecule has 0 aliphatic heterocycles. The third-order valence-electron chi connectivity index (χ3n) is 3.50. The number of benzene rings is 1. The lowest BCUT2D eigenvalue weighted by Gasteiger charge is -2.34. The lowest BCUT2D eigenvalue weighted by molar-refractivity contribution is 0.214. The molecule has 0 amide bonds. The lowest BCUT2D eigenvalue weighted by Crippen LogP contribution is -2.42. The molecule has 1 atom stereocenters. The minimum absolute atomic E-state index is 0.131. The van der Waals surface area contributed by atoms with E-state index in [0.717, 1.165) is 13.0 Å². The minimum atomic E-state index is -0.163. The van der Waals surface area contributed by atoms with Crippen LogP contribution in [0.2, 0.25) is 0 Å². The van der Waals surface area contributed by atoms with Crippen molar-refractivity contribution in [3.05, 3.63) is 35.6 Å². The zero-order chi connectivity index (χ0) is 14.7. The summed E-state index contributed by atoms with van der Waals surface area (Å²) in [6, 6.07) is 6.88. The van der Waals surface area contributed by atoms with Gasteiger partial charge < -0.3 is 5.32 Å². The van der Waals surface area contributed by atoms with E-state index in [9.17, 15) is 4.39 Å². The van der Waals surface area contributed by atoms with Crippen molar-refractivity contribution in [3.63, 3.8) is 0 Å². The zero-order valence-electron chi connectivity index (χ0n) is 13.2. The summed E-state index contributed by atoms with van der Waals surface area (Å²) in [5.74, 6) is 0.362. The molecule has 0 bridgehead atoms. The summed E-state index contributed by atoms with van der Waals surface area (Å²) >= 11 is 0. The molecule has 0 saturated carbocycles. The van der Waals surface area contributed by atoms with E-state index in [1.165, 1.54) is 5.56 Å². The van der Waals surface area contributed by atoms with E-state index in [-0.39, 0.29) is 16.8 Å². The number of rotatable bonds is 4. The van der Waals surface area contributed by atoms with Crippen LogP contribution >= 0.6 is 0 Å². The van der Waals surface area contributed by atoms with Crippen molar-refractivity contribution in [3.8, 4) is 0 Å². The van der Waals surface area contributed by atoms with E-state index in [4.69, 9.17) is 0 Å². The van der Waals surface area contributed by atoms with Crippen LogP contribution in [0.3, 0.4) is 0 Å². The van der Waals surface area contributed by atoms with Crippen LogP contribution in [0.1, 0.15) is 47.1 Å². The standard InChI is InChI=1S/C17H28FN/c1-16(2,3)14(12-19-17(4,5)6)11-13-7-9-15(18)10-8-13/h7-10,14,19H,11-12H2,1-6H3/t14-/m1/s1. The van der Waals surface area contributed by atoms with Gasteiger partial charge >= 0.3 is 0 Å². The Bertz CT molecular complexity index is 381. The van der Waals surface area contributed by atoms with Crippen molar-refractivity contribution in [2.24, 2.45) is 11.3 Å². The first-order valence-electron chi connectivity index (χ1n) is 7.07. The quantitative estimate of drug-likeness (QED) is 0.850. The molecule has 19 heavy (non-hydrogen) atoms. The Hall–Kier alpha value is -0.890. The van der Waals surface area contributed by atoms with Crippen LogP contribution in [0.15, 0.2) is 24.3 Å². The highest BCUT2D eigenvalue weighted by Gasteiger charge is 2.26. The second-order valence-corrected chi connectivity index (χ2v) is 7.52. The van der Waals surface area contributed by atoms with Gasteiger partial charge in [-0.3, -0.25) is 0 Å². The third kappa shape index (κ3) is 6.20. The van der Waals surface area contributed by atoms with E-state index in [1.807, 2.05) is 12.1 Å². The molecule has 0 aromatic heterocycles. The average Bonchev–Trinajstić information content (AvgIpc) is 2.23. The van der Waals surface area contributed by atoms with Gasteiger partial charge in [-0.15, -0.1) is 0 Å². The maximum Gasteiger partial charge on any atom is 0.123 e. The molecule has 1 aromatic carbocycles. The van der Waals surface area contributed by atoms with E-state index < -0.39 is 0 Å². The number of hydrogen-bond acceptors (Lipinski definition) is 1. The average molecular weight is 265 g/mol. The molecule has 1 aromatic rings. The molecule has 0 saturated heterocycles. The Morgan fingerprint density at radius 3 is 1.95 bits per heavy atom. The van der Waals surface area contributed by atoms with Gasteiger partial charge in [0.05, 0.1) is 0 Å². The monoisotopic (exact) mass is 265 g/mol. The van der Waals surface area contributed by atoms with Gasteiger partial charge in [-0.05, 0) is 62.8 Å². The molecular formula is C17H28FN. The highest BCUT2D eigenvalue weighted by Crippen LogP contribution is 2.29. The van der Waals surface area contributed by atoms with E-state index in [2.05, 4.69) is 46.9 Å². The fourth-order valence-corrected chi connectivity index (χ4v) is 2.02. The molecule has 0 aliphatic rings. The van der Waals surface area contributed by atoms with Crippen LogP contribution in [-0.4, -0.2) is 12.1 Å². The first kappa shape index (κ1) is 16.2. The summed E-state index contributed by atoms with van der Waals surface area (Å²) in [5, 5.41) is 3.59. The van der Waals surface area contributed by atoms with Crippen LogP contribution in [0, 0.1) is 17.2 Å². The number of halogens is 1. The molecule has 0 fully saturated rings. The predicted octanol–water partition coefficient (Wildman–Crippen LogP) is 4.42. The van der Waals surface area contributed by atoms with Crippen molar-refractivity contribution < 1.29 is 4.39 Å². The van der Waals surface area contributed by atoms with Gasteiger partial charge in [0.15, 0.2) is 0 Å². The molecule has 1 N–H and O–H groups in total. The highest BCUT2D eigenvalue weighted by molar-refractivity contribution is 5.17. The second kappa shape index (κ2) is 6.04. The minimum Gasteiger partial charge on any atom is -0.312 e. The van der Waals surface area contributed by atoms with Gasteiger partial charge in [-0.2, -0.15) is 0 Å². The number of nitrogens with one attached hydrogen (secondary N) is 1. The molecule has 108 valence electrons. The summed E-state index contributed by atoms with van der Waals surface area (Å²) in [5.41, 5.74) is 1.57. The maximum atomic E-state index is 13.0. The smallest absolute Gasteiger partial charge is 0.123 e. The third-order valence-corrected chi connectivity index (χ3v) is 3.50. The van der Waals surface area contributed by atoms with Crippen LogP contribution in [0.4, 0.5) is 4.39 Å². The van der Waals surface area contributed by atoms with Crippen molar-refractivity contribution in [2.75, 3.05) is 6.54 Å². The summed E-state index contributed by atoms with van der Waals surface area (Å²) in [6.07, 6.45) is 0.979. The van der Waals surface area contributed by atoms with Crippen LogP contribution in [0.25, 0.3) is 0 Å². The van der Waals surface area contributed by atoms with Crippen molar-refractivity contribution >= 4 is 0 Å². The molecule has 1 nitrogen and oxygen atoms in total. The maximum absolute atomic E-state index is 13.0. The molecule has 0 radical (unpaired) electrons. The second-order valence-electron chi connectivity index (χ2n) is 7.52.